The molecule has 4 nitrogen and oxygen atoms in total. The molecule has 0 saturated heterocycles. The van der Waals surface area contributed by atoms with E-state index in [1.807, 2.05) is 12.3 Å². The van der Waals surface area contributed by atoms with Gasteiger partial charge in [0.2, 0.25) is 0 Å². The summed E-state index contributed by atoms with van der Waals surface area (Å²) in [5.74, 6) is -0.492. The highest BCUT2D eigenvalue weighted by molar-refractivity contribution is 7.15. The molecule has 1 aliphatic rings. The lowest BCUT2D eigenvalue weighted by Gasteiger charge is -1.97. The number of hydrogen-bond donors (Lipinski definition) is 1. The highest BCUT2D eigenvalue weighted by Gasteiger charge is 2.33. The third-order valence-corrected chi connectivity index (χ3v) is 3.67. The number of rotatable bonds is 2. The first-order chi connectivity index (χ1) is 7.18. The number of nitrogens with zero attached hydrogens (tertiary/aromatic N) is 2. The first kappa shape index (κ1) is 8.91. The van der Waals surface area contributed by atoms with Gasteiger partial charge in [-0.25, -0.2) is 9.78 Å². The number of carboxylic acid groups (broad SMARTS) is 1. The third-order valence-electron chi connectivity index (χ3n) is 2.73. The summed E-state index contributed by atoms with van der Waals surface area (Å²) in [7, 11) is 0. The Morgan fingerprint density at radius 1 is 1.67 bits per heavy atom. The maximum Gasteiger partial charge on any atom is 0.354 e. The zero-order valence-electron chi connectivity index (χ0n) is 8.23. The van der Waals surface area contributed by atoms with Gasteiger partial charge in [-0.15, -0.1) is 11.3 Å². The second kappa shape index (κ2) is 2.82. The van der Waals surface area contributed by atoms with Crippen LogP contribution in [0.25, 0.3) is 4.96 Å². The summed E-state index contributed by atoms with van der Waals surface area (Å²) in [5, 5.41) is 11.2. The van der Waals surface area contributed by atoms with Gasteiger partial charge in [-0.2, -0.15) is 0 Å². The van der Waals surface area contributed by atoms with Crippen LogP contribution in [0.3, 0.4) is 0 Å². The van der Waals surface area contributed by atoms with E-state index in [0.29, 0.717) is 11.6 Å². The number of aromatic nitrogens is 2. The Bertz CT molecular complexity index is 551. The van der Waals surface area contributed by atoms with Crippen LogP contribution in [0, 0.1) is 6.92 Å². The fourth-order valence-corrected chi connectivity index (χ4v) is 2.73. The summed E-state index contributed by atoms with van der Waals surface area (Å²) in [6.07, 6.45) is 2.15. The summed E-state index contributed by atoms with van der Waals surface area (Å²) in [6, 6.07) is 0. The molecule has 0 radical (unpaired) electrons. The molecule has 0 unspecified atom stereocenters. The van der Waals surface area contributed by atoms with E-state index in [2.05, 4.69) is 4.98 Å². The quantitative estimate of drug-likeness (QED) is 0.848. The van der Waals surface area contributed by atoms with Crippen molar-refractivity contribution < 1.29 is 9.90 Å². The van der Waals surface area contributed by atoms with E-state index in [0.717, 1.165) is 29.2 Å². The third kappa shape index (κ3) is 1.19. The average Bonchev–Trinajstić information content (AvgIpc) is 2.86. The lowest BCUT2D eigenvalue weighted by atomic mass is 10.2. The SMILES string of the molecule is Cc1csc2nc(C3CC3)c(C(=O)O)n12. The van der Waals surface area contributed by atoms with Gasteiger partial charge in [0, 0.05) is 17.0 Å². The summed E-state index contributed by atoms with van der Waals surface area (Å²) < 4.78 is 1.75. The number of carbonyl (C=O) groups is 1. The molecular weight excluding hydrogens is 212 g/mol. The monoisotopic (exact) mass is 222 g/mol. The van der Waals surface area contributed by atoms with Crippen molar-refractivity contribution in [3.8, 4) is 0 Å². The van der Waals surface area contributed by atoms with Crippen LogP contribution < -0.4 is 0 Å². The Morgan fingerprint density at radius 3 is 3.00 bits per heavy atom. The minimum atomic E-state index is -0.870. The summed E-state index contributed by atoms with van der Waals surface area (Å²) in [4.78, 5) is 16.4. The minimum Gasteiger partial charge on any atom is -0.477 e. The van der Waals surface area contributed by atoms with E-state index in [-0.39, 0.29) is 0 Å². The number of hydrogen-bond acceptors (Lipinski definition) is 3. The lowest BCUT2D eigenvalue weighted by molar-refractivity contribution is 0.0688. The fraction of sp³-hybridized carbons (Fsp3) is 0.400. The second-order valence-electron chi connectivity index (χ2n) is 3.92. The smallest absolute Gasteiger partial charge is 0.354 e. The van der Waals surface area contributed by atoms with Crippen LogP contribution in [0.5, 0.6) is 0 Å². The molecule has 0 spiro atoms. The van der Waals surface area contributed by atoms with Crippen LogP contribution in [-0.4, -0.2) is 20.5 Å². The Labute approximate surface area is 90.2 Å². The largest absolute Gasteiger partial charge is 0.477 e. The standard InChI is InChI=1S/C10H10N2O2S/c1-5-4-15-10-11-7(6-2-3-6)8(9(13)14)12(5)10/h4,6H,2-3H2,1H3,(H,13,14). The van der Waals surface area contributed by atoms with Gasteiger partial charge in [-0.05, 0) is 19.8 Å². The second-order valence-corrected chi connectivity index (χ2v) is 4.76. The van der Waals surface area contributed by atoms with Gasteiger partial charge in [-0.3, -0.25) is 4.40 Å². The molecule has 1 aliphatic carbocycles. The molecule has 0 amide bonds. The molecule has 2 aromatic rings. The van der Waals surface area contributed by atoms with Crippen molar-refractivity contribution in [1.29, 1.82) is 0 Å². The molecule has 78 valence electrons. The predicted octanol–water partition coefficient (Wildman–Crippen LogP) is 2.28. The molecule has 2 aromatic heterocycles. The molecule has 0 aromatic carbocycles. The Morgan fingerprint density at radius 2 is 2.40 bits per heavy atom. The number of thiazole rings is 1. The molecule has 1 fully saturated rings. The van der Waals surface area contributed by atoms with E-state index in [9.17, 15) is 9.90 Å². The van der Waals surface area contributed by atoms with Crippen LogP contribution in [0.1, 0.15) is 40.6 Å². The fourth-order valence-electron chi connectivity index (χ4n) is 1.86. The van der Waals surface area contributed by atoms with Crippen LogP contribution in [0.4, 0.5) is 0 Å². The first-order valence-corrected chi connectivity index (χ1v) is 5.76. The van der Waals surface area contributed by atoms with Crippen molar-refractivity contribution >= 4 is 22.3 Å². The molecule has 3 rings (SSSR count). The number of aryl methyl sites for hydroxylation is 1. The van der Waals surface area contributed by atoms with Crippen LogP contribution >= 0.6 is 11.3 Å². The van der Waals surface area contributed by atoms with Gasteiger partial charge in [0.25, 0.3) is 0 Å². The van der Waals surface area contributed by atoms with Gasteiger partial charge in [0.05, 0.1) is 5.69 Å². The Kier molecular flexibility index (Phi) is 1.68. The minimum absolute atomic E-state index is 0.367. The summed E-state index contributed by atoms with van der Waals surface area (Å²) >= 11 is 1.50. The summed E-state index contributed by atoms with van der Waals surface area (Å²) in [5.41, 5.74) is 2.09. The van der Waals surface area contributed by atoms with Crippen molar-refractivity contribution in [1.82, 2.24) is 9.38 Å². The van der Waals surface area contributed by atoms with Crippen molar-refractivity contribution in [3.63, 3.8) is 0 Å². The van der Waals surface area contributed by atoms with Crippen LogP contribution in [0.15, 0.2) is 5.38 Å². The van der Waals surface area contributed by atoms with E-state index in [1.165, 1.54) is 11.3 Å². The number of imidazole rings is 1. The average molecular weight is 222 g/mol. The highest BCUT2D eigenvalue weighted by atomic mass is 32.1. The number of aromatic carboxylic acids is 1. The van der Waals surface area contributed by atoms with Crippen LogP contribution in [0.2, 0.25) is 0 Å². The topological polar surface area (TPSA) is 54.6 Å². The van der Waals surface area contributed by atoms with Gasteiger partial charge in [0.15, 0.2) is 10.7 Å². The zero-order valence-corrected chi connectivity index (χ0v) is 9.04. The van der Waals surface area contributed by atoms with Gasteiger partial charge < -0.3 is 5.11 Å². The molecule has 0 atom stereocenters. The van der Waals surface area contributed by atoms with Crippen LogP contribution in [-0.2, 0) is 0 Å². The number of fused-ring (bicyclic) bond motifs is 1. The first-order valence-electron chi connectivity index (χ1n) is 4.88. The van der Waals surface area contributed by atoms with Crippen molar-refractivity contribution in [2.24, 2.45) is 0 Å². The molecule has 1 N–H and O–H groups in total. The summed E-state index contributed by atoms with van der Waals surface area (Å²) in [6.45, 7) is 1.91. The molecule has 1 saturated carbocycles. The Hall–Kier alpha value is -1.36. The molecule has 15 heavy (non-hydrogen) atoms. The maximum absolute atomic E-state index is 11.2. The van der Waals surface area contributed by atoms with Crippen molar-refractivity contribution in [2.75, 3.05) is 0 Å². The van der Waals surface area contributed by atoms with Gasteiger partial charge in [-0.1, -0.05) is 0 Å². The molecule has 0 aliphatic heterocycles. The zero-order chi connectivity index (χ0) is 10.6. The normalized spacial score (nSPS) is 16.1. The molecular formula is C10H10N2O2S. The lowest BCUT2D eigenvalue weighted by Crippen LogP contribution is -2.05. The highest BCUT2D eigenvalue weighted by Crippen LogP contribution is 2.42. The van der Waals surface area contributed by atoms with E-state index < -0.39 is 5.97 Å². The molecule has 2 heterocycles. The maximum atomic E-state index is 11.2. The van der Waals surface area contributed by atoms with E-state index >= 15 is 0 Å². The van der Waals surface area contributed by atoms with E-state index in [4.69, 9.17) is 0 Å². The van der Waals surface area contributed by atoms with E-state index in [1.54, 1.807) is 4.40 Å². The molecule has 5 heteroatoms. The van der Waals surface area contributed by atoms with Gasteiger partial charge >= 0.3 is 5.97 Å². The molecule has 0 bridgehead atoms. The Balaban J connectivity index is 2.34. The predicted molar refractivity (Wildman–Crippen MR) is 56.7 cm³/mol. The van der Waals surface area contributed by atoms with Crippen molar-refractivity contribution in [2.45, 2.75) is 25.7 Å². The van der Waals surface area contributed by atoms with Gasteiger partial charge in [0.1, 0.15) is 0 Å². The van der Waals surface area contributed by atoms with Crippen molar-refractivity contribution in [3.05, 3.63) is 22.5 Å². The number of carboxylic acids is 1.